The Morgan fingerprint density at radius 3 is 2.62 bits per heavy atom. The van der Waals surface area contributed by atoms with Crippen LogP contribution in [0.25, 0.3) is 0 Å². The monoisotopic (exact) mass is 324 g/mol. The highest BCUT2D eigenvalue weighted by Gasteiger charge is 2.19. The van der Waals surface area contributed by atoms with Crippen LogP contribution in [0.5, 0.6) is 5.75 Å². The van der Waals surface area contributed by atoms with Crippen LogP contribution in [0.15, 0.2) is 36.9 Å². The average molecular weight is 325 g/mol. The lowest BCUT2D eigenvalue weighted by Gasteiger charge is -2.25. The van der Waals surface area contributed by atoms with Gasteiger partial charge in [0.15, 0.2) is 0 Å². The first kappa shape index (κ1) is 16.8. The maximum Gasteiger partial charge on any atom is 0.118 e. The van der Waals surface area contributed by atoms with Gasteiger partial charge in [0.2, 0.25) is 0 Å². The van der Waals surface area contributed by atoms with E-state index in [1.54, 1.807) is 7.11 Å². The van der Waals surface area contributed by atoms with E-state index in [4.69, 9.17) is 9.47 Å². The van der Waals surface area contributed by atoms with Crippen molar-refractivity contribution in [2.24, 2.45) is 0 Å². The van der Waals surface area contributed by atoms with Gasteiger partial charge in [0, 0.05) is 0 Å². The van der Waals surface area contributed by atoms with Crippen molar-refractivity contribution in [1.29, 1.82) is 0 Å². The van der Waals surface area contributed by atoms with E-state index < -0.39 is 0 Å². The second kappa shape index (κ2) is 9.44. The Bertz CT molecular complexity index is 413. The number of hydrogen-bond donors (Lipinski definition) is 0. The molecule has 1 aliphatic heterocycles. The molecule has 0 N–H and O–H groups in total. The molecule has 2 rings (SSSR count). The molecule has 0 aliphatic carbocycles. The van der Waals surface area contributed by atoms with Crippen LogP contribution in [0.2, 0.25) is 0 Å². The van der Waals surface area contributed by atoms with E-state index in [9.17, 15) is 0 Å². The van der Waals surface area contributed by atoms with Crippen LogP contribution in [-0.2, 0) is 11.3 Å². The van der Waals surface area contributed by atoms with Crippen LogP contribution in [0.3, 0.4) is 0 Å². The van der Waals surface area contributed by atoms with E-state index in [0.29, 0.717) is 11.2 Å². The number of ether oxygens (including phenoxy) is 2. The second-order valence-corrected chi connectivity index (χ2v) is 7.99. The third-order valence-electron chi connectivity index (χ3n) is 3.43. The Kier molecular flexibility index (Phi) is 7.54. The van der Waals surface area contributed by atoms with Crippen molar-refractivity contribution in [2.75, 3.05) is 18.6 Å². The third kappa shape index (κ3) is 5.97. The molecule has 0 amide bonds. The van der Waals surface area contributed by atoms with Gasteiger partial charge in [0.25, 0.3) is 0 Å². The van der Waals surface area contributed by atoms with Crippen molar-refractivity contribution in [3.63, 3.8) is 0 Å². The van der Waals surface area contributed by atoms with E-state index in [0.717, 1.165) is 18.6 Å². The topological polar surface area (TPSA) is 18.5 Å². The largest absolute Gasteiger partial charge is 0.497 e. The molecule has 0 unspecified atom stereocenters. The summed E-state index contributed by atoms with van der Waals surface area (Å²) < 4.78 is 12.0. The predicted molar refractivity (Wildman–Crippen MR) is 94.3 cm³/mol. The zero-order valence-electron chi connectivity index (χ0n) is 12.6. The predicted octanol–water partition coefficient (Wildman–Crippen LogP) is 4.74. The number of methoxy groups -OCH3 is 1. The number of hydrogen-bond acceptors (Lipinski definition) is 4. The van der Waals surface area contributed by atoms with Gasteiger partial charge in [-0.2, -0.15) is 0 Å². The van der Waals surface area contributed by atoms with Gasteiger partial charge >= 0.3 is 0 Å². The smallest absolute Gasteiger partial charge is 0.118 e. The first-order valence-electron chi connectivity index (χ1n) is 7.40. The molecule has 1 saturated heterocycles. The molecule has 0 spiro atoms. The van der Waals surface area contributed by atoms with Crippen LogP contribution < -0.4 is 4.74 Å². The molecule has 1 heterocycles. The van der Waals surface area contributed by atoms with Crippen molar-refractivity contribution < 1.29 is 9.47 Å². The normalized spacial score (nSPS) is 17.4. The Hall–Kier alpha value is -0.580. The van der Waals surface area contributed by atoms with Crippen molar-refractivity contribution in [3.05, 3.63) is 42.5 Å². The van der Waals surface area contributed by atoms with Crippen molar-refractivity contribution in [1.82, 2.24) is 0 Å². The molecule has 116 valence electrons. The molecule has 0 saturated carbocycles. The molecule has 4 heteroatoms. The van der Waals surface area contributed by atoms with Gasteiger partial charge in [-0.1, -0.05) is 18.2 Å². The Labute approximate surface area is 136 Å². The maximum absolute atomic E-state index is 6.11. The van der Waals surface area contributed by atoms with E-state index in [-0.39, 0.29) is 6.10 Å². The zero-order chi connectivity index (χ0) is 14.9. The zero-order valence-corrected chi connectivity index (χ0v) is 14.3. The van der Waals surface area contributed by atoms with Gasteiger partial charge in [-0.25, -0.2) is 0 Å². The minimum atomic E-state index is 0.271. The van der Waals surface area contributed by atoms with Crippen LogP contribution in [0.4, 0.5) is 0 Å². The fourth-order valence-corrected chi connectivity index (χ4v) is 5.24. The summed E-state index contributed by atoms with van der Waals surface area (Å²) in [6, 6.07) is 8.09. The molecular weight excluding hydrogens is 300 g/mol. The quantitative estimate of drug-likeness (QED) is 0.643. The summed E-state index contributed by atoms with van der Waals surface area (Å²) in [5.41, 5.74) is 1.19. The third-order valence-corrected chi connectivity index (χ3v) is 6.42. The minimum Gasteiger partial charge on any atom is -0.497 e. The summed E-state index contributed by atoms with van der Waals surface area (Å²) in [7, 11) is 1.69. The second-order valence-electron chi connectivity index (χ2n) is 5.07. The molecule has 2 nitrogen and oxygen atoms in total. The molecule has 1 fully saturated rings. The van der Waals surface area contributed by atoms with Crippen LogP contribution >= 0.6 is 23.5 Å². The molecule has 1 aromatic carbocycles. The van der Waals surface area contributed by atoms with Gasteiger partial charge in [-0.05, 0) is 48.5 Å². The molecule has 0 bridgehead atoms. The average Bonchev–Trinajstić information content (AvgIpc) is 2.54. The first-order chi connectivity index (χ1) is 10.3. The summed E-state index contributed by atoms with van der Waals surface area (Å²) in [6.07, 6.45) is 5.61. The summed E-state index contributed by atoms with van der Waals surface area (Å²) in [5.74, 6) is 3.46. The first-order valence-corrected chi connectivity index (χ1v) is 9.50. The summed E-state index contributed by atoms with van der Waals surface area (Å²) in [5, 5.41) is 0. The molecule has 0 aromatic heterocycles. The Morgan fingerprint density at radius 1 is 1.29 bits per heavy atom. The summed E-state index contributed by atoms with van der Waals surface area (Å²) in [4.78, 5) is 0. The molecule has 0 radical (unpaired) electrons. The molecular formula is C17H24O2S2. The highest BCUT2D eigenvalue weighted by molar-refractivity contribution is 8.17. The summed E-state index contributed by atoms with van der Waals surface area (Å²) >= 11 is 4.15. The highest BCUT2D eigenvalue weighted by atomic mass is 32.2. The van der Waals surface area contributed by atoms with Gasteiger partial charge in [0.05, 0.1) is 24.4 Å². The van der Waals surface area contributed by atoms with Gasteiger partial charge in [-0.3, -0.25) is 0 Å². The number of benzene rings is 1. The Morgan fingerprint density at radius 2 is 2.00 bits per heavy atom. The van der Waals surface area contributed by atoms with Crippen LogP contribution in [-0.4, -0.2) is 29.3 Å². The minimum absolute atomic E-state index is 0.271. The summed E-state index contributed by atoms with van der Waals surface area (Å²) in [6.45, 7) is 4.52. The van der Waals surface area contributed by atoms with Crippen molar-refractivity contribution >= 4 is 23.5 Å². The lowest BCUT2D eigenvalue weighted by molar-refractivity contribution is 0.0399. The SMILES string of the molecule is C=CC[C@@H](CC1SCCCS1)OCc1ccc(OC)cc1. The highest BCUT2D eigenvalue weighted by Crippen LogP contribution is 2.34. The van der Waals surface area contributed by atoms with Gasteiger partial charge in [0.1, 0.15) is 5.75 Å². The molecule has 1 aliphatic rings. The van der Waals surface area contributed by atoms with E-state index in [1.165, 1.54) is 23.5 Å². The van der Waals surface area contributed by atoms with Crippen molar-refractivity contribution in [3.8, 4) is 5.75 Å². The molecule has 1 aromatic rings. The maximum atomic E-state index is 6.11. The lowest BCUT2D eigenvalue weighted by atomic mass is 10.2. The standard InChI is InChI=1S/C17H24O2S2/c1-3-5-16(12-17-20-10-4-11-21-17)19-13-14-6-8-15(18-2)9-7-14/h3,6-9,16-17H,1,4-5,10-13H2,2H3/t16-/m0/s1. The van der Waals surface area contributed by atoms with Gasteiger partial charge in [-0.15, -0.1) is 30.1 Å². The fourth-order valence-electron chi connectivity index (χ4n) is 2.24. The van der Waals surface area contributed by atoms with Crippen LogP contribution in [0.1, 0.15) is 24.8 Å². The molecule has 21 heavy (non-hydrogen) atoms. The van der Waals surface area contributed by atoms with Crippen LogP contribution in [0, 0.1) is 0 Å². The number of thioether (sulfide) groups is 2. The fraction of sp³-hybridized carbons (Fsp3) is 0.529. The van der Waals surface area contributed by atoms with E-state index in [2.05, 4.69) is 42.2 Å². The van der Waals surface area contributed by atoms with Gasteiger partial charge < -0.3 is 9.47 Å². The van der Waals surface area contributed by atoms with E-state index in [1.807, 2.05) is 18.2 Å². The molecule has 1 atom stereocenters. The lowest BCUT2D eigenvalue weighted by Crippen LogP contribution is -2.19. The van der Waals surface area contributed by atoms with Crippen molar-refractivity contribution in [2.45, 2.75) is 36.6 Å². The number of rotatable bonds is 8. The Balaban J connectivity index is 1.81. The van der Waals surface area contributed by atoms with E-state index >= 15 is 0 Å².